The number of carboxylic acid groups (broad SMARTS) is 1. The predicted octanol–water partition coefficient (Wildman–Crippen LogP) is 2.71. The first kappa shape index (κ1) is 13.8. The highest BCUT2D eigenvalue weighted by atomic mass is 16.6. The third kappa shape index (κ3) is 2.69. The van der Waals surface area contributed by atoms with Gasteiger partial charge in [0.05, 0.1) is 10.5 Å². The molecule has 1 N–H and O–H groups in total. The summed E-state index contributed by atoms with van der Waals surface area (Å²) in [7, 11) is 0. The Morgan fingerprint density at radius 3 is 2.45 bits per heavy atom. The second-order valence-electron chi connectivity index (χ2n) is 4.39. The Balaban J connectivity index is 2.26. The van der Waals surface area contributed by atoms with Gasteiger partial charge in [-0.3, -0.25) is 10.1 Å². The van der Waals surface area contributed by atoms with Crippen molar-refractivity contribution >= 4 is 11.7 Å². The lowest BCUT2D eigenvalue weighted by Crippen LogP contribution is -2.07. The minimum absolute atomic E-state index is 0.0446. The lowest BCUT2D eigenvalue weighted by atomic mass is 10.2. The fourth-order valence-electron chi connectivity index (χ4n) is 2.16. The highest BCUT2D eigenvalue weighted by Crippen LogP contribution is 2.17. The maximum Gasteiger partial charge on any atom is 0.337 e. The number of hydrogen-bond acceptors (Lipinski definition) is 3. The Morgan fingerprint density at radius 1 is 1.30 bits per heavy atom. The first-order valence-corrected chi connectivity index (χ1v) is 6.17. The number of nitrogens with zero attached hydrogens (tertiary/aromatic N) is 2. The van der Waals surface area contributed by atoms with Crippen molar-refractivity contribution in [1.82, 2.24) is 4.57 Å². The molecule has 0 amide bonds. The second-order valence-corrected chi connectivity index (χ2v) is 4.39. The molecule has 0 unspecified atom stereocenters. The van der Waals surface area contributed by atoms with Crippen LogP contribution in [0.15, 0.2) is 36.5 Å². The van der Waals surface area contributed by atoms with E-state index in [2.05, 4.69) is 0 Å². The van der Waals surface area contributed by atoms with Gasteiger partial charge >= 0.3 is 5.97 Å². The molecular formula is C14H14N2O4. The van der Waals surface area contributed by atoms with E-state index in [4.69, 9.17) is 5.11 Å². The van der Waals surface area contributed by atoms with Crippen LogP contribution in [0.1, 0.15) is 28.5 Å². The Labute approximate surface area is 115 Å². The maximum absolute atomic E-state index is 11.1. The van der Waals surface area contributed by atoms with Crippen LogP contribution in [0.2, 0.25) is 0 Å². The lowest BCUT2D eigenvalue weighted by Gasteiger charge is -2.08. The van der Waals surface area contributed by atoms with Crippen LogP contribution in [0.4, 0.5) is 5.69 Å². The van der Waals surface area contributed by atoms with Gasteiger partial charge in [-0.2, -0.15) is 0 Å². The van der Waals surface area contributed by atoms with E-state index in [1.807, 2.05) is 11.5 Å². The van der Waals surface area contributed by atoms with Crippen molar-refractivity contribution in [3.63, 3.8) is 0 Å². The van der Waals surface area contributed by atoms with Gasteiger partial charge in [0.1, 0.15) is 0 Å². The molecule has 0 fully saturated rings. The molecule has 0 bridgehead atoms. The molecule has 0 radical (unpaired) electrons. The molecule has 1 aromatic heterocycles. The van der Waals surface area contributed by atoms with Crippen molar-refractivity contribution in [3.8, 4) is 0 Å². The third-order valence-corrected chi connectivity index (χ3v) is 3.14. The first-order chi connectivity index (χ1) is 9.52. The highest BCUT2D eigenvalue weighted by Gasteiger charge is 2.13. The fourth-order valence-corrected chi connectivity index (χ4v) is 2.16. The molecule has 1 aromatic carbocycles. The van der Waals surface area contributed by atoms with E-state index >= 15 is 0 Å². The summed E-state index contributed by atoms with van der Waals surface area (Å²) in [6, 6.07) is 7.83. The second kappa shape index (κ2) is 5.56. The number of aromatic carboxylic acids is 1. The van der Waals surface area contributed by atoms with Gasteiger partial charge < -0.3 is 9.67 Å². The molecule has 0 aliphatic rings. The van der Waals surface area contributed by atoms with Gasteiger partial charge in [0.2, 0.25) is 0 Å². The number of carboxylic acids is 1. The normalized spacial score (nSPS) is 10.4. The smallest absolute Gasteiger partial charge is 0.337 e. The zero-order chi connectivity index (χ0) is 14.7. The maximum atomic E-state index is 11.1. The number of benzene rings is 1. The minimum atomic E-state index is -0.940. The molecule has 6 nitrogen and oxygen atoms in total. The molecule has 2 aromatic rings. The number of hydrogen-bond donors (Lipinski definition) is 1. The van der Waals surface area contributed by atoms with Crippen LogP contribution in [0.3, 0.4) is 0 Å². The molecule has 0 saturated carbocycles. The van der Waals surface area contributed by atoms with Gasteiger partial charge in [0.15, 0.2) is 0 Å². The fraction of sp³-hybridized carbons (Fsp3) is 0.214. The number of non-ortho nitro benzene ring substituents is 1. The van der Waals surface area contributed by atoms with Crippen LogP contribution in [-0.4, -0.2) is 20.6 Å². The number of nitro groups is 1. The van der Waals surface area contributed by atoms with Crippen LogP contribution in [0.25, 0.3) is 0 Å². The van der Waals surface area contributed by atoms with Crippen molar-refractivity contribution in [2.24, 2.45) is 0 Å². The van der Waals surface area contributed by atoms with Crippen molar-refractivity contribution in [1.29, 1.82) is 0 Å². The van der Waals surface area contributed by atoms with Gasteiger partial charge in [-0.15, -0.1) is 0 Å². The van der Waals surface area contributed by atoms with Gasteiger partial charge in [0.25, 0.3) is 5.69 Å². The molecule has 0 aliphatic carbocycles. The van der Waals surface area contributed by atoms with E-state index in [1.54, 1.807) is 24.4 Å². The summed E-state index contributed by atoms with van der Waals surface area (Å²) in [6.07, 6.45) is 2.34. The van der Waals surface area contributed by atoms with Gasteiger partial charge in [-0.25, -0.2) is 4.79 Å². The van der Waals surface area contributed by atoms with E-state index < -0.39 is 10.9 Å². The van der Waals surface area contributed by atoms with E-state index in [9.17, 15) is 14.9 Å². The summed E-state index contributed by atoms with van der Waals surface area (Å²) < 4.78 is 1.85. The standard InChI is InChI=1S/C14H14N2O4/c1-2-13-12(14(17)18)7-8-15(13)9-10-3-5-11(6-4-10)16(19)20/h3-8H,2,9H2,1H3,(H,17,18). The highest BCUT2D eigenvalue weighted by molar-refractivity contribution is 5.89. The van der Waals surface area contributed by atoms with Gasteiger partial charge in [-0.1, -0.05) is 19.1 Å². The van der Waals surface area contributed by atoms with E-state index in [0.29, 0.717) is 18.5 Å². The molecular weight excluding hydrogens is 260 g/mol. The van der Waals surface area contributed by atoms with Crippen LogP contribution >= 0.6 is 0 Å². The van der Waals surface area contributed by atoms with E-state index in [-0.39, 0.29) is 5.69 Å². The quantitative estimate of drug-likeness (QED) is 0.671. The summed E-state index contributed by atoms with van der Waals surface area (Å²) in [5, 5.41) is 19.7. The van der Waals surface area contributed by atoms with E-state index in [1.165, 1.54) is 12.1 Å². The molecule has 1 heterocycles. The molecule has 104 valence electrons. The predicted molar refractivity (Wildman–Crippen MR) is 73.0 cm³/mol. The number of nitro benzene ring substituents is 1. The monoisotopic (exact) mass is 274 g/mol. The lowest BCUT2D eigenvalue weighted by molar-refractivity contribution is -0.384. The first-order valence-electron chi connectivity index (χ1n) is 6.17. The number of aromatic nitrogens is 1. The molecule has 0 aliphatic heterocycles. The molecule has 6 heteroatoms. The number of rotatable bonds is 5. The van der Waals surface area contributed by atoms with Crippen molar-refractivity contribution < 1.29 is 14.8 Å². The molecule has 20 heavy (non-hydrogen) atoms. The van der Waals surface area contributed by atoms with Gasteiger partial charge in [-0.05, 0) is 18.1 Å². The average molecular weight is 274 g/mol. The summed E-state index contributed by atoms with van der Waals surface area (Å²) in [5.41, 5.74) is 1.98. The minimum Gasteiger partial charge on any atom is -0.478 e. The molecule has 0 saturated heterocycles. The van der Waals surface area contributed by atoms with Gasteiger partial charge in [0, 0.05) is 30.6 Å². The van der Waals surface area contributed by atoms with Crippen LogP contribution in [-0.2, 0) is 13.0 Å². The molecule has 2 rings (SSSR count). The van der Waals surface area contributed by atoms with Crippen LogP contribution < -0.4 is 0 Å². The van der Waals surface area contributed by atoms with Crippen molar-refractivity contribution in [3.05, 3.63) is 63.5 Å². The number of carbonyl (C=O) groups is 1. The van der Waals surface area contributed by atoms with Crippen LogP contribution in [0.5, 0.6) is 0 Å². The summed E-state index contributed by atoms with van der Waals surface area (Å²) in [6.45, 7) is 2.39. The SMILES string of the molecule is CCc1c(C(=O)O)ccn1Cc1ccc([N+](=O)[O-])cc1. The van der Waals surface area contributed by atoms with E-state index in [0.717, 1.165) is 11.3 Å². The largest absolute Gasteiger partial charge is 0.478 e. The average Bonchev–Trinajstić information content (AvgIpc) is 2.82. The summed E-state index contributed by atoms with van der Waals surface area (Å²) >= 11 is 0. The Morgan fingerprint density at radius 2 is 1.95 bits per heavy atom. The Kier molecular flexibility index (Phi) is 3.84. The summed E-state index contributed by atoms with van der Waals surface area (Å²) in [4.78, 5) is 21.2. The third-order valence-electron chi connectivity index (χ3n) is 3.14. The molecule has 0 atom stereocenters. The van der Waals surface area contributed by atoms with Crippen LogP contribution in [0, 0.1) is 10.1 Å². The Hall–Kier alpha value is -2.63. The van der Waals surface area contributed by atoms with Crippen molar-refractivity contribution in [2.75, 3.05) is 0 Å². The van der Waals surface area contributed by atoms with Crippen molar-refractivity contribution in [2.45, 2.75) is 19.9 Å². The summed E-state index contributed by atoms with van der Waals surface area (Å²) in [5.74, 6) is -0.940. The topological polar surface area (TPSA) is 85.4 Å². The molecule has 0 spiro atoms. The zero-order valence-electron chi connectivity index (χ0n) is 10.9. The zero-order valence-corrected chi connectivity index (χ0v) is 10.9. The Bertz CT molecular complexity index is 644.